The number of carbonyl (C=O) groups is 1. The Labute approximate surface area is 126 Å². The minimum absolute atomic E-state index is 0.383. The number of para-hydroxylation sites is 1. The Bertz CT molecular complexity index is 744. The van der Waals surface area contributed by atoms with Gasteiger partial charge in [0.1, 0.15) is 0 Å². The van der Waals surface area contributed by atoms with Gasteiger partial charge >= 0.3 is 6.03 Å². The highest BCUT2D eigenvalue weighted by Crippen LogP contribution is 2.20. The molecule has 7 nitrogen and oxygen atoms in total. The van der Waals surface area contributed by atoms with E-state index in [-0.39, 0.29) is 6.03 Å². The van der Waals surface area contributed by atoms with E-state index in [0.29, 0.717) is 11.6 Å². The van der Waals surface area contributed by atoms with Gasteiger partial charge in [-0.3, -0.25) is 10.9 Å². The van der Waals surface area contributed by atoms with Crippen molar-refractivity contribution in [3.8, 4) is 11.5 Å². The van der Waals surface area contributed by atoms with Gasteiger partial charge in [-0.15, -0.1) is 10.2 Å². The second-order valence-electron chi connectivity index (χ2n) is 4.39. The number of urea groups is 1. The summed E-state index contributed by atoms with van der Waals surface area (Å²) in [5.74, 6) is 0.395. The average Bonchev–Trinajstić information content (AvgIpc) is 3.09. The maximum atomic E-state index is 11.8. The van der Waals surface area contributed by atoms with Crippen LogP contribution in [-0.4, -0.2) is 16.2 Å². The van der Waals surface area contributed by atoms with Gasteiger partial charge in [-0.2, -0.15) is 0 Å². The lowest BCUT2D eigenvalue weighted by Crippen LogP contribution is -2.33. The number of hydrogen-bond acceptors (Lipinski definition) is 5. The van der Waals surface area contributed by atoms with Crippen LogP contribution in [0, 0.1) is 0 Å². The number of carbonyl (C=O) groups excluding carboxylic acids is 1. The first-order valence-electron chi connectivity index (χ1n) is 6.56. The lowest BCUT2D eigenvalue weighted by Gasteiger charge is -2.10. The van der Waals surface area contributed by atoms with Crippen molar-refractivity contribution in [2.24, 2.45) is 0 Å². The molecule has 3 aromatic rings. The van der Waals surface area contributed by atoms with Gasteiger partial charge in [-0.25, -0.2) is 4.79 Å². The summed E-state index contributed by atoms with van der Waals surface area (Å²) < 4.78 is 5.12. The van der Waals surface area contributed by atoms with Gasteiger partial charge in [-0.1, -0.05) is 24.3 Å². The summed E-state index contributed by atoms with van der Waals surface area (Å²) in [5.41, 5.74) is 7.49. The molecule has 7 heteroatoms. The molecule has 0 fully saturated rings. The molecule has 0 aliphatic carbocycles. The van der Waals surface area contributed by atoms with E-state index in [2.05, 4.69) is 26.4 Å². The van der Waals surface area contributed by atoms with Crippen LogP contribution in [-0.2, 0) is 0 Å². The largest absolute Gasteiger partial charge is 0.423 e. The number of aromatic nitrogens is 2. The van der Waals surface area contributed by atoms with Crippen LogP contribution < -0.4 is 16.2 Å². The first kappa shape index (κ1) is 13.6. The molecule has 2 aromatic carbocycles. The van der Waals surface area contributed by atoms with E-state index < -0.39 is 0 Å². The van der Waals surface area contributed by atoms with Crippen LogP contribution >= 0.6 is 0 Å². The van der Waals surface area contributed by atoms with Crippen LogP contribution in [0.3, 0.4) is 0 Å². The second-order valence-corrected chi connectivity index (χ2v) is 4.39. The van der Waals surface area contributed by atoms with Gasteiger partial charge < -0.3 is 9.73 Å². The van der Waals surface area contributed by atoms with E-state index in [1.807, 2.05) is 36.4 Å². The first-order valence-corrected chi connectivity index (χ1v) is 6.56. The molecule has 0 aliphatic rings. The monoisotopic (exact) mass is 295 g/mol. The summed E-state index contributed by atoms with van der Waals surface area (Å²) in [6.07, 6.45) is 1.26. The van der Waals surface area contributed by atoms with E-state index >= 15 is 0 Å². The summed E-state index contributed by atoms with van der Waals surface area (Å²) >= 11 is 0. The number of nitrogens with one attached hydrogen (secondary N) is 3. The van der Waals surface area contributed by atoms with Crippen molar-refractivity contribution in [1.29, 1.82) is 0 Å². The number of hydrazine groups is 1. The molecule has 0 radical (unpaired) electrons. The molecule has 0 saturated carbocycles. The lowest BCUT2D eigenvalue weighted by molar-refractivity contribution is 0.254. The first-order chi connectivity index (χ1) is 10.8. The Kier molecular flexibility index (Phi) is 3.96. The molecule has 0 atom stereocenters. The van der Waals surface area contributed by atoms with Gasteiger partial charge in [0.15, 0.2) is 0 Å². The van der Waals surface area contributed by atoms with Crippen molar-refractivity contribution >= 4 is 17.4 Å². The van der Waals surface area contributed by atoms with Crippen LogP contribution in [0.5, 0.6) is 0 Å². The van der Waals surface area contributed by atoms with E-state index in [4.69, 9.17) is 4.42 Å². The summed E-state index contributed by atoms with van der Waals surface area (Å²) in [5, 5.41) is 10.2. The van der Waals surface area contributed by atoms with Crippen LogP contribution in [0.4, 0.5) is 16.2 Å². The molecule has 22 heavy (non-hydrogen) atoms. The van der Waals surface area contributed by atoms with E-state index in [1.54, 1.807) is 18.2 Å². The Morgan fingerprint density at radius 1 is 1.00 bits per heavy atom. The van der Waals surface area contributed by atoms with Gasteiger partial charge in [0, 0.05) is 11.3 Å². The molecule has 1 aromatic heterocycles. The smallest absolute Gasteiger partial charge is 0.337 e. The molecule has 0 saturated heterocycles. The summed E-state index contributed by atoms with van der Waals surface area (Å²) in [7, 11) is 0. The van der Waals surface area contributed by atoms with E-state index in [0.717, 1.165) is 11.3 Å². The normalized spacial score (nSPS) is 10.0. The minimum atomic E-state index is -0.383. The third-order valence-electron chi connectivity index (χ3n) is 2.82. The Balaban J connectivity index is 1.61. The number of rotatable bonds is 4. The van der Waals surface area contributed by atoms with Gasteiger partial charge in [0.2, 0.25) is 12.3 Å². The molecule has 0 unspecified atom stereocenters. The van der Waals surface area contributed by atoms with Crippen molar-refractivity contribution in [3.63, 3.8) is 0 Å². The molecule has 0 aliphatic heterocycles. The van der Waals surface area contributed by atoms with Gasteiger partial charge in [-0.05, 0) is 30.3 Å². The standard InChI is InChI=1S/C15H13N5O2/c21-15(20-18-12-6-2-1-3-7-12)17-13-8-4-5-11(9-13)14-19-16-10-22-14/h1-10,18H,(H2,17,20,21). The number of amides is 2. The van der Waals surface area contributed by atoms with Crippen LogP contribution in [0.2, 0.25) is 0 Å². The molecular weight excluding hydrogens is 282 g/mol. The topological polar surface area (TPSA) is 92.1 Å². The minimum Gasteiger partial charge on any atom is -0.423 e. The van der Waals surface area contributed by atoms with Crippen molar-refractivity contribution < 1.29 is 9.21 Å². The predicted octanol–water partition coefficient (Wildman–Crippen LogP) is 2.89. The fraction of sp³-hybridized carbons (Fsp3) is 0. The average molecular weight is 295 g/mol. The van der Waals surface area contributed by atoms with E-state index in [9.17, 15) is 4.79 Å². The Hall–Kier alpha value is -3.35. The lowest BCUT2D eigenvalue weighted by atomic mass is 10.2. The fourth-order valence-corrected chi connectivity index (χ4v) is 1.84. The number of hydrogen-bond donors (Lipinski definition) is 3. The molecular formula is C15H13N5O2. The summed E-state index contributed by atoms with van der Waals surface area (Å²) in [6, 6.07) is 16.1. The maximum Gasteiger partial charge on any atom is 0.337 e. The molecule has 1 heterocycles. The summed E-state index contributed by atoms with van der Waals surface area (Å²) in [6.45, 7) is 0. The van der Waals surface area contributed by atoms with Crippen LogP contribution in [0.25, 0.3) is 11.5 Å². The zero-order valence-corrected chi connectivity index (χ0v) is 11.5. The van der Waals surface area contributed by atoms with Crippen molar-refractivity contribution in [2.75, 3.05) is 10.7 Å². The van der Waals surface area contributed by atoms with Crippen LogP contribution in [0.1, 0.15) is 0 Å². The zero-order chi connectivity index (χ0) is 15.2. The molecule has 2 amide bonds. The highest BCUT2D eigenvalue weighted by molar-refractivity contribution is 5.90. The molecule has 3 N–H and O–H groups in total. The van der Waals surface area contributed by atoms with Crippen LogP contribution in [0.15, 0.2) is 65.4 Å². The number of nitrogens with zero attached hydrogens (tertiary/aromatic N) is 2. The maximum absolute atomic E-state index is 11.8. The van der Waals surface area contributed by atoms with Gasteiger partial charge in [0.05, 0.1) is 5.69 Å². The third kappa shape index (κ3) is 3.40. The van der Waals surface area contributed by atoms with Gasteiger partial charge in [0.25, 0.3) is 0 Å². The molecule has 0 spiro atoms. The highest BCUT2D eigenvalue weighted by atomic mass is 16.4. The number of anilines is 2. The zero-order valence-electron chi connectivity index (χ0n) is 11.5. The third-order valence-corrected chi connectivity index (χ3v) is 2.82. The molecule has 3 rings (SSSR count). The molecule has 0 bridgehead atoms. The number of benzene rings is 2. The quantitative estimate of drug-likeness (QED) is 0.644. The SMILES string of the molecule is O=C(NNc1ccccc1)Nc1cccc(-c2nnco2)c1. The Morgan fingerprint density at radius 2 is 1.82 bits per heavy atom. The highest BCUT2D eigenvalue weighted by Gasteiger charge is 2.06. The second kappa shape index (κ2) is 6.40. The van der Waals surface area contributed by atoms with Crippen molar-refractivity contribution in [1.82, 2.24) is 15.6 Å². The molecule has 110 valence electrons. The summed E-state index contributed by atoms with van der Waals surface area (Å²) in [4.78, 5) is 11.8. The van der Waals surface area contributed by atoms with Crippen molar-refractivity contribution in [2.45, 2.75) is 0 Å². The van der Waals surface area contributed by atoms with E-state index in [1.165, 1.54) is 6.39 Å². The Morgan fingerprint density at radius 3 is 2.59 bits per heavy atom. The predicted molar refractivity (Wildman–Crippen MR) is 82.0 cm³/mol. The van der Waals surface area contributed by atoms with Crippen molar-refractivity contribution in [3.05, 3.63) is 61.0 Å². The fourth-order valence-electron chi connectivity index (χ4n) is 1.84.